The molecule has 0 aliphatic carbocycles. The van der Waals surface area contributed by atoms with Gasteiger partial charge in [0, 0.05) is 44.8 Å². The summed E-state index contributed by atoms with van der Waals surface area (Å²) in [6.07, 6.45) is -78.4. The Balaban J connectivity index is -0.000000121. The largest absolute Gasteiger partial charge is 0.479 e. The van der Waals surface area contributed by atoms with Gasteiger partial charge >= 0.3 is 59.7 Å². The Kier molecular flexibility index (Phi) is 93.3. The summed E-state index contributed by atoms with van der Waals surface area (Å²) in [5, 5.41) is 518. The summed E-state index contributed by atoms with van der Waals surface area (Å²) in [6, 6.07) is 0. The van der Waals surface area contributed by atoms with Gasteiger partial charge in [-0.2, -0.15) is 0 Å². The number of rotatable bonds is 50. The van der Waals surface area contributed by atoms with Crippen LogP contribution in [0, 0.1) is 0 Å². The molecule has 0 aromatic carbocycles. The fourth-order valence-corrected chi connectivity index (χ4v) is 6.68. The predicted molar refractivity (Wildman–Crippen MR) is 387 cm³/mol. The second-order valence-corrected chi connectivity index (χ2v) is 25.1. The van der Waals surface area contributed by atoms with E-state index in [9.17, 15) is 47.9 Å². The van der Waals surface area contributed by atoms with Crippen LogP contribution in [-0.2, 0) is 92.7 Å². The van der Waals surface area contributed by atoms with E-state index in [0.29, 0.717) is 0 Å². The molecule has 0 rings (SSSR count). The van der Waals surface area contributed by atoms with Crippen molar-refractivity contribution >= 4 is 59.7 Å². The molecule has 0 fully saturated rings. The Morgan fingerprint density at radius 1 is 0.114 bits per heavy atom. The SMILES string of the molecule is O=C(O)[C@H](O)[C@@H](O)[C@H](O)[C@H](O)CO.O=C(O)[C@H](O)[C@@H](O)[C@H](O)[C@H](O)CO.O=C(O)[C@H](O)[C@@H](O)[C@H](O)[C@H](O)CO.O=C(O)[C@H](O)[C@@H](O)[C@H](O)[C@H](O)CO.O=C(O)[C@H](O)[C@@H](O)[C@H](O)[C@H](O)CO.O=C(O)[C@H](O)[C@@H](O)[C@H](O)[C@H](O)CO.O=C(O)[C@H](O)[C@@H](O)[C@H](O)[C@H](O)CO.O=C(O)[C@H](O)[C@@H](O)[C@H](O)[C@H](O)CO.O=C(O)[C@H](O)[C@@H](O)[C@H](O)[C@H](O)CO.O=C(O)[C@H](O)[C@@H](O)[C@H](O)[C@H](O)CO.[Nb].[Nb]. The van der Waals surface area contributed by atoms with Crippen molar-refractivity contribution in [3.05, 3.63) is 0 Å². The third kappa shape index (κ3) is 62.1. The van der Waals surface area contributed by atoms with Crippen molar-refractivity contribution in [3.8, 4) is 0 Å². The Morgan fingerprint density at radius 2 is 0.159 bits per heavy atom. The Labute approximate surface area is 766 Å². The fraction of sp³-hybridized carbons (Fsp3) is 0.833. The quantitative estimate of drug-likeness (QED) is 0.0252. The molecular formula is C60H120Nb2O70. The molecule has 0 aliphatic rings. The summed E-state index contributed by atoms with van der Waals surface area (Å²) in [6.45, 7) is -8.43. The molecule has 0 amide bonds. The summed E-state index contributed by atoms with van der Waals surface area (Å²) >= 11 is 0. The van der Waals surface area contributed by atoms with Gasteiger partial charge in [-0.25, -0.2) is 47.9 Å². The second-order valence-electron chi connectivity index (χ2n) is 25.1. The molecule has 72 heteroatoms. The number of aliphatic carboxylic acids is 10. The average Bonchev–Trinajstić information content (AvgIpc) is 0.955. The van der Waals surface area contributed by atoms with Gasteiger partial charge in [0.1, 0.15) is 183 Å². The Hall–Kier alpha value is -5.82. The zero-order valence-corrected chi connectivity index (χ0v) is 71.4. The van der Waals surface area contributed by atoms with Crippen LogP contribution in [0.5, 0.6) is 0 Å². The van der Waals surface area contributed by atoms with Gasteiger partial charge in [-0.05, 0) is 0 Å². The van der Waals surface area contributed by atoms with Crippen molar-refractivity contribution in [2.24, 2.45) is 0 Å². The summed E-state index contributed by atoms with van der Waals surface area (Å²) in [5.41, 5.74) is 0. The van der Waals surface area contributed by atoms with Crippen LogP contribution in [-0.4, -0.2) is 676 Å². The van der Waals surface area contributed by atoms with Crippen molar-refractivity contribution in [2.45, 2.75) is 244 Å². The first-order valence-corrected chi connectivity index (χ1v) is 34.7. The molecule has 0 aromatic rings. The van der Waals surface area contributed by atoms with Crippen molar-refractivity contribution in [1.82, 2.24) is 0 Å². The molecule has 0 aromatic heterocycles. The maximum absolute atomic E-state index is 10.1. The average molecular weight is 2150 g/mol. The molecule has 40 atom stereocenters. The van der Waals surface area contributed by atoms with Crippen LogP contribution in [0.25, 0.3) is 0 Å². The number of hydrogen-bond acceptors (Lipinski definition) is 60. The van der Waals surface area contributed by atoms with Gasteiger partial charge in [0.2, 0.25) is 0 Å². The van der Waals surface area contributed by atoms with E-state index in [0.717, 1.165) is 0 Å². The maximum atomic E-state index is 10.1. The summed E-state index contributed by atoms with van der Waals surface area (Å²) in [7, 11) is 0. The summed E-state index contributed by atoms with van der Waals surface area (Å²) < 4.78 is 0. The molecule has 0 bridgehead atoms. The van der Waals surface area contributed by atoms with Gasteiger partial charge in [-0.15, -0.1) is 0 Å². The zero-order chi connectivity index (χ0) is 106. The first-order chi connectivity index (χ1) is 59.1. The van der Waals surface area contributed by atoms with E-state index in [-0.39, 0.29) is 44.8 Å². The second kappa shape index (κ2) is 81.2. The van der Waals surface area contributed by atoms with Crippen molar-refractivity contribution in [1.29, 1.82) is 0 Å². The molecule has 0 unspecified atom stereocenters. The molecule has 132 heavy (non-hydrogen) atoms. The first-order valence-electron chi connectivity index (χ1n) is 34.7. The van der Waals surface area contributed by atoms with Crippen molar-refractivity contribution in [2.75, 3.05) is 66.1 Å². The van der Waals surface area contributed by atoms with Gasteiger partial charge < -0.3 is 306 Å². The van der Waals surface area contributed by atoms with Crippen LogP contribution in [0.2, 0.25) is 0 Å². The van der Waals surface area contributed by atoms with E-state index in [1.54, 1.807) is 0 Å². The monoisotopic (exact) mass is 2150 g/mol. The first kappa shape index (κ1) is 152. The number of carbonyl (C=O) groups is 10. The number of carboxylic acid groups (broad SMARTS) is 10. The third-order valence-corrected chi connectivity index (χ3v) is 15.1. The van der Waals surface area contributed by atoms with E-state index in [1.807, 2.05) is 0 Å². The predicted octanol–water partition coefficient (Wildman–Crippen LogP) is -34.9. The number of carboxylic acids is 10. The topological polar surface area (TPSA) is 1380 Å². The van der Waals surface area contributed by atoms with Gasteiger partial charge in [-0.1, -0.05) is 0 Å². The van der Waals surface area contributed by atoms with E-state index in [4.69, 9.17) is 306 Å². The van der Waals surface area contributed by atoms with Gasteiger partial charge in [0.15, 0.2) is 61.0 Å². The van der Waals surface area contributed by atoms with Crippen LogP contribution in [0.3, 0.4) is 0 Å². The van der Waals surface area contributed by atoms with Crippen LogP contribution < -0.4 is 0 Å². The number of aliphatic hydroxyl groups is 50. The fourth-order valence-electron chi connectivity index (χ4n) is 6.68. The van der Waals surface area contributed by atoms with E-state index >= 15 is 0 Å². The minimum absolute atomic E-state index is 0. The zero-order valence-electron chi connectivity index (χ0n) is 67.0. The summed E-state index contributed by atoms with van der Waals surface area (Å²) in [4.78, 5) is 101. The molecular weight excluding hydrogens is 2030 g/mol. The number of hydrogen-bond donors (Lipinski definition) is 60. The standard InChI is InChI=1S/10C6H12O7.2Nb/c10*7-1-2(8)3(9)4(10)5(11)6(12)13;;/h10*2-5,7-11H,1H2,(H,12,13);;/t10*2-,3-,4+,5-;;/m1111111111../s1. The third-order valence-electron chi connectivity index (χ3n) is 15.1. The molecule has 2 radical (unpaired) electrons. The van der Waals surface area contributed by atoms with Gasteiger partial charge in [0.05, 0.1) is 66.1 Å². The Bertz CT molecular complexity index is 2350. The smallest absolute Gasteiger partial charge is 0.335 e. The van der Waals surface area contributed by atoms with Crippen LogP contribution >= 0.6 is 0 Å². The van der Waals surface area contributed by atoms with Crippen LogP contribution in [0.15, 0.2) is 0 Å². The minimum Gasteiger partial charge on any atom is -0.479 e. The number of aliphatic hydroxyl groups excluding tert-OH is 50. The van der Waals surface area contributed by atoms with E-state index < -0.39 is 370 Å². The molecule has 0 saturated carbocycles. The Morgan fingerprint density at radius 3 is 0.189 bits per heavy atom. The molecule has 0 spiro atoms. The molecule has 0 aliphatic heterocycles. The maximum Gasteiger partial charge on any atom is 0.335 e. The molecule has 790 valence electrons. The molecule has 60 N–H and O–H groups in total. The molecule has 0 saturated heterocycles. The molecule has 70 nitrogen and oxygen atoms in total. The molecule has 0 heterocycles. The van der Waals surface area contributed by atoms with Crippen LogP contribution in [0.1, 0.15) is 0 Å². The van der Waals surface area contributed by atoms with Gasteiger partial charge in [-0.3, -0.25) is 0 Å². The van der Waals surface area contributed by atoms with E-state index in [2.05, 4.69) is 0 Å². The van der Waals surface area contributed by atoms with Gasteiger partial charge in [0.25, 0.3) is 0 Å². The van der Waals surface area contributed by atoms with Crippen molar-refractivity contribution < 1.29 is 399 Å². The van der Waals surface area contributed by atoms with Crippen molar-refractivity contribution in [3.63, 3.8) is 0 Å². The van der Waals surface area contributed by atoms with Crippen LogP contribution in [0.4, 0.5) is 0 Å². The minimum atomic E-state index is -2.20. The normalized spacial score (nSPS) is 20.1. The van der Waals surface area contributed by atoms with E-state index in [1.165, 1.54) is 0 Å². The summed E-state index contributed by atoms with van der Waals surface area (Å²) in [5.74, 6) is -17.3.